The Bertz CT molecular complexity index is 386. The average Bonchev–Trinajstić information content (AvgIpc) is 2.90. The molecule has 5 heteroatoms. The fourth-order valence-electron chi connectivity index (χ4n) is 1.57. The molecule has 0 aliphatic heterocycles. The lowest BCUT2D eigenvalue weighted by atomic mass is 10.6. The van der Waals surface area contributed by atoms with Crippen LogP contribution in [0, 0.1) is 0 Å². The first-order chi connectivity index (χ1) is 6.65. The van der Waals surface area contributed by atoms with Crippen molar-refractivity contribution < 1.29 is 0 Å². The summed E-state index contributed by atoms with van der Waals surface area (Å²) in [4.78, 5) is 13.7. The van der Waals surface area contributed by atoms with Gasteiger partial charge in [-0.15, -0.1) is 5.10 Å². The van der Waals surface area contributed by atoms with Crippen LogP contribution in [-0.2, 0) is 6.54 Å². The molecule has 1 aliphatic carbocycles. The first-order valence-corrected chi connectivity index (χ1v) is 5.01. The third-order valence-corrected chi connectivity index (χ3v) is 2.46. The van der Waals surface area contributed by atoms with Gasteiger partial charge in [-0.25, -0.2) is 9.48 Å². The van der Waals surface area contributed by atoms with Crippen LogP contribution in [0.1, 0.15) is 25.8 Å². The van der Waals surface area contributed by atoms with Crippen LogP contribution < -0.4 is 10.6 Å². The van der Waals surface area contributed by atoms with E-state index in [4.69, 9.17) is 0 Å². The minimum atomic E-state index is 0.0266. The molecule has 14 heavy (non-hydrogen) atoms. The smallest absolute Gasteiger partial charge is 0.347 e. The van der Waals surface area contributed by atoms with E-state index in [0.29, 0.717) is 12.6 Å². The second-order valence-corrected chi connectivity index (χ2v) is 3.89. The molecule has 2 rings (SSSR count). The Hall–Kier alpha value is -1.26. The largest absolute Gasteiger partial charge is 0.347 e. The van der Waals surface area contributed by atoms with Gasteiger partial charge in [0, 0.05) is 26.7 Å². The number of rotatable bonds is 3. The van der Waals surface area contributed by atoms with Crippen LogP contribution in [0.5, 0.6) is 0 Å². The molecule has 78 valence electrons. The van der Waals surface area contributed by atoms with Crippen LogP contribution in [0.25, 0.3) is 0 Å². The zero-order valence-corrected chi connectivity index (χ0v) is 8.90. The van der Waals surface area contributed by atoms with Gasteiger partial charge < -0.3 is 4.90 Å². The summed E-state index contributed by atoms with van der Waals surface area (Å²) in [7, 11) is 3.83. The van der Waals surface area contributed by atoms with Gasteiger partial charge in [-0.05, 0) is 19.8 Å². The van der Waals surface area contributed by atoms with E-state index < -0.39 is 0 Å². The maximum atomic E-state index is 11.8. The minimum Gasteiger partial charge on any atom is -0.347 e. The number of aryl methyl sites for hydroxylation is 1. The van der Waals surface area contributed by atoms with Crippen molar-refractivity contribution in [2.45, 2.75) is 32.4 Å². The van der Waals surface area contributed by atoms with Gasteiger partial charge in [0.25, 0.3) is 0 Å². The normalized spacial score (nSPS) is 15.9. The molecule has 0 unspecified atom stereocenters. The Labute approximate surface area is 82.9 Å². The van der Waals surface area contributed by atoms with E-state index in [9.17, 15) is 4.79 Å². The van der Waals surface area contributed by atoms with Crippen molar-refractivity contribution in [1.82, 2.24) is 14.3 Å². The van der Waals surface area contributed by atoms with Crippen LogP contribution in [0.4, 0.5) is 5.95 Å². The van der Waals surface area contributed by atoms with Gasteiger partial charge >= 0.3 is 5.69 Å². The second-order valence-electron chi connectivity index (χ2n) is 3.89. The van der Waals surface area contributed by atoms with Crippen molar-refractivity contribution in [3.63, 3.8) is 0 Å². The lowest BCUT2D eigenvalue weighted by Crippen LogP contribution is -2.25. The minimum absolute atomic E-state index is 0.0266. The van der Waals surface area contributed by atoms with Gasteiger partial charge in [0.1, 0.15) is 0 Å². The highest BCUT2D eigenvalue weighted by Crippen LogP contribution is 2.35. The SMILES string of the molecule is CCn1nc(N(C)C)n(C2CC2)c1=O. The number of anilines is 1. The molecule has 0 spiro atoms. The van der Waals surface area contributed by atoms with Crippen LogP contribution >= 0.6 is 0 Å². The topological polar surface area (TPSA) is 43.1 Å². The van der Waals surface area contributed by atoms with Crippen molar-refractivity contribution in [3.8, 4) is 0 Å². The Morgan fingerprint density at radius 2 is 2.14 bits per heavy atom. The first-order valence-electron chi connectivity index (χ1n) is 5.01. The monoisotopic (exact) mass is 196 g/mol. The van der Waals surface area contributed by atoms with Crippen molar-refractivity contribution in [3.05, 3.63) is 10.5 Å². The van der Waals surface area contributed by atoms with Crippen LogP contribution in [0.2, 0.25) is 0 Å². The lowest BCUT2D eigenvalue weighted by Gasteiger charge is -2.11. The van der Waals surface area contributed by atoms with Gasteiger partial charge in [-0.2, -0.15) is 0 Å². The molecular formula is C9H16N4O. The van der Waals surface area contributed by atoms with Gasteiger partial charge in [0.2, 0.25) is 5.95 Å². The lowest BCUT2D eigenvalue weighted by molar-refractivity contribution is 0.607. The molecule has 0 radical (unpaired) electrons. The Morgan fingerprint density at radius 3 is 2.57 bits per heavy atom. The molecule has 0 atom stereocenters. The predicted octanol–water partition coefficient (Wildman–Crippen LogP) is 0.466. The highest BCUT2D eigenvalue weighted by atomic mass is 16.2. The summed E-state index contributed by atoms with van der Waals surface area (Å²) in [6.07, 6.45) is 2.21. The van der Waals surface area contributed by atoms with Gasteiger partial charge in [0.15, 0.2) is 0 Å². The summed E-state index contributed by atoms with van der Waals surface area (Å²) in [6, 6.07) is 0.389. The molecule has 0 amide bonds. The molecular weight excluding hydrogens is 180 g/mol. The molecule has 0 bridgehead atoms. The highest BCUT2D eigenvalue weighted by Gasteiger charge is 2.30. The van der Waals surface area contributed by atoms with E-state index in [2.05, 4.69) is 5.10 Å². The number of nitrogens with zero attached hydrogens (tertiary/aromatic N) is 4. The van der Waals surface area contributed by atoms with Crippen LogP contribution in [0.3, 0.4) is 0 Å². The molecule has 1 heterocycles. The fourth-order valence-corrected chi connectivity index (χ4v) is 1.57. The molecule has 0 N–H and O–H groups in total. The zero-order valence-electron chi connectivity index (χ0n) is 8.90. The molecule has 1 aliphatic rings. The quantitative estimate of drug-likeness (QED) is 0.705. The summed E-state index contributed by atoms with van der Waals surface area (Å²) in [5.74, 6) is 0.777. The second kappa shape index (κ2) is 3.15. The summed E-state index contributed by atoms with van der Waals surface area (Å²) in [5.41, 5.74) is 0.0266. The van der Waals surface area contributed by atoms with E-state index >= 15 is 0 Å². The molecule has 1 saturated carbocycles. The summed E-state index contributed by atoms with van der Waals surface area (Å²) >= 11 is 0. The standard InChI is InChI=1S/C9H16N4O/c1-4-12-9(14)13(7-5-6-7)8(10-12)11(2)3/h7H,4-6H2,1-3H3. The van der Waals surface area contributed by atoms with Gasteiger partial charge in [-0.3, -0.25) is 4.57 Å². The first kappa shape index (κ1) is 9.30. The highest BCUT2D eigenvalue weighted by molar-refractivity contribution is 5.28. The van der Waals surface area contributed by atoms with Crippen LogP contribution in [0.15, 0.2) is 4.79 Å². The van der Waals surface area contributed by atoms with E-state index in [0.717, 1.165) is 18.8 Å². The predicted molar refractivity (Wildman–Crippen MR) is 54.8 cm³/mol. The number of hydrogen-bond donors (Lipinski definition) is 0. The van der Waals surface area contributed by atoms with E-state index in [1.165, 1.54) is 4.68 Å². The maximum absolute atomic E-state index is 11.8. The van der Waals surface area contributed by atoms with E-state index in [-0.39, 0.29) is 5.69 Å². The molecule has 0 saturated heterocycles. The Kier molecular flexibility index (Phi) is 2.09. The Morgan fingerprint density at radius 1 is 1.50 bits per heavy atom. The third-order valence-electron chi connectivity index (χ3n) is 2.46. The molecule has 0 aromatic carbocycles. The average molecular weight is 196 g/mol. The van der Waals surface area contributed by atoms with E-state index in [1.54, 1.807) is 0 Å². The molecule has 1 fully saturated rings. The summed E-state index contributed by atoms with van der Waals surface area (Å²) < 4.78 is 3.33. The Balaban J connectivity index is 2.52. The fraction of sp³-hybridized carbons (Fsp3) is 0.778. The van der Waals surface area contributed by atoms with Crippen molar-refractivity contribution in [1.29, 1.82) is 0 Å². The third kappa shape index (κ3) is 1.32. The molecule has 1 aromatic heterocycles. The van der Waals surface area contributed by atoms with E-state index in [1.807, 2.05) is 30.5 Å². The zero-order chi connectivity index (χ0) is 10.3. The number of aromatic nitrogens is 3. The van der Waals surface area contributed by atoms with Crippen molar-refractivity contribution in [2.24, 2.45) is 0 Å². The van der Waals surface area contributed by atoms with Crippen LogP contribution in [-0.4, -0.2) is 28.4 Å². The van der Waals surface area contributed by atoms with Gasteiger partial charge in [0.05, 0.1) is 0 Å². The van der Waals surface area contributed by atoms with Crippen molar-refractivity contribution >= 4 is 5.95 Å². The maximum Gasteiger partial charge on any atom is 0.347 e. The van der Waals surface area contributed by atoms with Gasteiger partial charge in [-0.1, -0.05) is 0 Å². The molecule has 5 nitrogen and oxygen atoms in total. The van der Waals surface area contributed by atoms with Crippen molar-refractivity contribution in [2.75, 3.05) is 19.0 Å². The summed E-state index contributed by atoms with van der Waals surface area (Å²) in [6.45, 7) is 2.57. The number of hydrogen-bond acceptors (Lipinski definition) is 3. The summed E-state index contributed by atoms with van der Waals surface area (Å²) in [5, 5.41) is 4.28. The molecule has 1 aromatic rings.